The summed E-state index contributed by atoms with van der Waals surface area (Å²) >= 11 is 0. The topological polar surface area (TPSA) is 12.0 Å². The van der Waals surface area contributed by atoms with Crippen molar-refractivity contribution in [2.75, 3.05) is 13.1 Å². The van der Waals surface area contributed by atoms with Gasteiger partial charge in [0, 0.05) is 12.5 Å². The molecule has 0 amide bonds. The lowest BCUT2D eigenvalue weighted by atomic mass is 9.66. The highest BCUT2D eigenvalue weighted by Gasteiger charge is 2.37. The van der Waals surface area contributed by atoms with E-state index in [1.807, 2.05) is 12.1 Å². The van der Waals surface area contributed by atoms with Crippen molar-refractivity contribution in [2.24, 2.45) is 5.41 Å². The number of piperidine rings is 1. The Labute approximate surface area is 126 Å². The second kappa shape index (κ2) is 5.98. The molecule has 21 heavy (non-hydrogen) atoms. The van der Waals surface area contributed by atoms with Crippen LogP contribution in [-0.2, 0) is 6.42 Å². The Hall–Kier alpha value is -1.67. The lowest BCUT2D eigenvalue weighted by Crippen LogP contribution is -2.43. The molecule has 1 saturated heterocycles. The predicted molar refractivity (Wildman–Crippen MR) is 84.9 cm³/mol. The number of benzene rings is 2. The smallest absolute Gasteiger partial charge is 0.123 e. The van der Waals surface area contributed by atoms with E-state index in [4.69, 9.17) is 0 Å². The molecular formula is C19H22FN. The minimum atomic E-state index is -0.160. The normalized spacial score (nSPS) is 25.7. The molecule has 3 rings (SSSR count). The number of rotatable bonds is 3. The van der Waals surface area contributed by atoms with E-state index in [0.717, 1.165) is 25.9 Å². The van der Waals surface area contributed by atoms with Crippen molar-refractivity contribution in [3.8, 4) is 0 Å². The summed E-state index contributed by atoms with van der Waals surface area (Å²) in [7, 11) is 0. The molecule has 1 aliphatic heterocycles. The summed E-state index contributed by atoms with van der Waals surface area (Å²) in [5, 5.41) is 3.50. The van der Waals surface area contributed by atoms with Crippen LogP contribution in [0.1, 0.15) is 30.4 Å². The SMILES string of the molecule is CC1(Cc2ccccc2)CCNCC1c1ccc(F)cc1. The van der Waals surface area contributed by atoms with E-state index in [1.165, 1.54) is 11.1 Å². The van der Waals surface area contributed by atoms with Crippen LogP contribution in [0.5, 0.6) is 0 Å². The van der Waals surface area contributed by atoms with Crippen molar-refractivity contribution in [3.63, 3.8) is 0 Å². The molecule has 1 fully saturated rings. The van der Waals surface area contributed by atoms with Gasteiger partial charge in [0.15, 0.2) is 0 Å². The third-order valence-electron chi connectivity index (χ3n) is 4.79. The number of hydrogen-bond acceptors (Lipinski definition) is 1. The molecule has 0 spiro atoms. The molecule has 2 aromatic rings. The van der Waals surface area contributed by atoms with Crippen LogP contribution in [0.25, 0.3) is 0 Å². The van der Waals surface area contributed by atoms with Gasteiger partial charge in [0.05, 0.1) is 0 Å². The molecule has 2 aromatic carbocycles. The maximum Gasteiger partial charge on any atom is 0.123 e. The quantitative estimate of drug-likeness (QED) is 0.892. The van der Waals surface area contributed by atoms with Crippen molar-refractivity contribution < 1.29 is 4.39 Å². The predicted octanol–water partition coefficient (Wildman–Crippen LogP) is 4.15. The molecule has 1 heterocycles. The van der Waals surface area contributed by atoms with Gasteiger partial charge >= 0.3 is 0 Å². The van der Waals surface area contributed by atoms with Crippen LogP contribution in [0.2, 0.25) is 0 Å². The fourth-order valence-corrected chi connectivity index (χ4v) is 3.53. The molecule has 0 bridgehead atoms. The fourth-order valence-electron chi connectivity index (χ4n) is 3.53. The van der Waals surface area contributed by atoms with Crippen molar-refractivity contribution in [1.82, 2.24) is 5.32 Å². The number of halogens is 1. The van der Waals surface area contributed by atoms with Gasteiger partial charge in [0.2, 0.25) is 0 Å². The van der Waals surface area contributed by atoms with Crippen molar-refractivity contribution in [2.45, 2.75) is 25.7 Å². The average molecular weight is 283 g/mol. The van der Waals surface area contributed by atoms with Gasteiger partial charge in [-0.2, -0.15) is 0 Å². The van der Waals surface area contributed by atoms with Crippen molar-refractivity contribution in [1.29, 1.82) is 0 Å². The fraction of sp³-hybridized carbons (Fsp3) is 0.368. The molecule has 1 nitrogen and oxygen atoms in total. The van der Waals surface area contributed by atoms with Gasteiger partial charge in [-0.25, -0.2) is 4.39 Å². The van der Waals surface area contributed by atoms with E-state index in [-0.39, 0.29) is 11.2 Å². The Balaban J connectivity index is 1.88. The molecule has 0 aliphatic carbocycles. The summed E-state index contributed by atoms with van der Waals surface area (Å²) in [5.41, 5.74) is 2.83. The Morgan fingerprint density at radius 1 is 1.10 bits per heavy atom. The molecule has 1 aliphatic rings. The molecule has 1 N–H and O–H groups in total. The van der Waals surface area contributed by atoms with Gasteiger partial charge in [-0.3, -0.25) is 0 Å². The van der Waals surface area contributed by atoms with Crippen molar-refractivity contribution >= 4 is 0 Å². The standard InChI is InChI=1S/C19H22FN/c1-19(13-15-5-3-2-4-6-15)11-12-21-14-18(19)16-7-9-17(20)10-8-16/h2-10,18,21H,11-14H2,1H3. The van der Waals surface area contributed by atoms with E-state index >= 15 is 0 Å². The summed E-state index contributed by atoms with van der Waals surface area (Å²) in [6.07, 6.45) is 2.21. The first kappa shape index (κ1) is 14.3. The van der Waals surface area contributed by atoms with Gasteiger partial charge in [0.1, 0.15) is 5.82 Å². The van der Waals surface area contributed by atoms with E-state index in [0.29, 0.717) is 5.92 Å². The number of nitrogens with one attached hydrogen (secondary N) is 1. The second-order valence-corrected chi connectivity index (χ2v) is 6.37. The zero-order valence-electron chi connectivity index (χ0n) is 12.5. The minimum Gasteiger partial charge on any atom is -0.316 e. The summed E-state index contributed by atoms with van der Waals surface area (Å²) in [4.78, 5) is 0. The molecular weight excluding hydrogens is 261 g/mol. The Morgan fingerprint density at radius 3 is 2.52 bits per heavy atom. The van der Waals surface area contributed by atoms with Gasteiger partial charge in [0.25, 0.3) is 0 Å². The van der Waals surface area contributed by atoms with Crippen LogP contribution >= 0.6 is 0 Å². The van der Waals surface area contributed by atoms with E-state index < -0.39 is 0 Å². The molecule has 0 radical (unpaired) electrons. The largest absolute Gasteiger partial charge is 0.316 e. The summed E-state index contributed by atoms with van der Waals surface area (Å²) in [6.45, 7) is 4.39. The zero-order chi connectivity index (χ0) is 14.7. The molecule has 2 unspecified atom stereocenters. The van der Waals surface area contributed by atoms with Crippen LogP contribution in [-0.4, -0.2) is 13.1 Å². The molecule has 2 atom stereocenters. The third-order valence-corrected chi connectivity index (χ3v) is 4.79. The van der Waals surface area contributed by atoms with Gasteiger partial charge in [-0.05, 0) is 48.1 Å². The first-order valence-electron chi connectivity index (χ1n) is 7.67. The Morgan fingerprint density at radius 2 is 1.81 bits per heavy atom. The molecule has 2 heteroatoms. The first-order valence-corrected chi connectivity index (χ1v) is 7.67. The number of hydrogen-bond donors (Lipinski definition) is 1. The lowest BCUT2D eigenvalue weighted by Gasteiger charge is -2.42. The average Bonchev–Trinajstić information content (AvgIpc) is 2.49. The van der Waals surface area contributed by atoms with Gasteiger partial charge < -0.3 is 5.32 Å². The van der Waals surface area contributed by atoms with Gasteiger partial charge in [-0.1, -0.05) is 49.4 Å². The molecule has 0 saturated carbocycles. The highest BCUT2D eigenvalue weighted by molar-refractivity contribution is 5.26. The van der Waals surface area contributed by atoms with Crippen LogP contribution in [0.3, 0.4) is 0 Å². The Kier molecular flexibility index (Phi) is 4.07. The van der Waals surface area contributed by atoms with Crippen LogP contribution in [0.4, 0.5) is 4.39 Å². The van der Waals surface area contributed by atoms with E-state index in [2.05, 4.69) is 42.6 Å². The zero-order valence-corrected chi connectivity index (χ0v) is 12.5. The second-order valence-electron chi connectivity index (χ2n) is 6.37. The van der Waals surface area contributed by atoms with Crippen LogP contribution in [0, 0.1) is 11.2 Å². The van der Waals surface area contributed by atoms with E-state index in [9.17, 15) is 4.39 Å². The maximum absolute atomic E-state index is 13.2. The van der Waals surface area contributed by atoms with Crippen molar-refractivity contribution in [3.05, 3.63) is 71.5 Å². The van der Waals surface area contributed by atoms with E-state index in [1.54, 1.807) is 12.1 Å². The maximum atomic E-state index is 13.2. The summed E-state index contributed by atoms with van der Waals surface area (Å²) in [5.74, 6) is 0.263. The summed E-state index contributed by atoms with van der Waals surface area (Å²) in [6, 6.07) is 17.7. The minimum absolute atomic E-state index is 0.160. The lowest BCUT2D eigenvalue weighted by molar-refractivity contribution is 0.186. The van der Waals surface area contributed by atoms with Gasteiger partial charge in [-0.15, -0.1) is 0 Å². The molecule has 110 valence electrons. The van der Waals surface area contributed by atoms with Crippen LogP contribution < -0.4 is 5.32 Å². The highest BCUT2D eigenvalue weighted by atomic mass is 19.1. The Bertz CT molecular complexity index is 578. The third kappa shape index (κ3) is 3.16. The monoisotopic (exact) mass is 283 g/mol. The highest BCUT2D eigenvalue weighted by Crippen LogP contribution is 2.43. The first-order chi connectivity index (χ1) is 10.2. The van der Waals surface area contributed by atoms with Crippen LogP contribution in [0.15, 0.2) is 54.6 Å². The molecule has 0 aromatic heterocycles. The summed E-state index contributed by atoms with van der Waals surface area (Å²) < 4.78 is 13.2.